The average molecular weight is 330 g/mol. The number of hydrogen-bond donors (Lipinski definition) is 1. The molecular weight excluding hydrogens is 312 g/mol. The number of hydrogen-bond acceptors (Lipinski definition) is 2. The summed E-state index contributed by atoms with van der Waals surface area (Å²) in [6.07, 6.45) is 3.37. The van der Waals surface area contributed by atoms with Gasteiger partial charge in [-0.25, -0.2) is 0 Å². The number of para-hydroxylation sites is 1. The van der Waals surface area contributed by atoms with Gasteiger partial charge in [-0.05, 0) is 36.6 Å². The topological polar surface area (TPSA) is 51.1 Å². The van der Waals surface area contributed by atoms with Gasteiger partial charge in [0.1, 0.15) is 0 Å². The van der Waals surface area contributed by atoms with Crippen LogP contribution in [0.3, 0.4) is 0 Å². The standard InChI is InChI=1S/C21H18N2O2/c24-19-12-11-17(15-23(19)18-9-5-2-6-10-18)22-20(25)21(13-14-21)16-7-3-1-4-8-16/h1-12,15H,13-14H2,(H,22,25). The van der Waals surface area contributed by atoms with Gasteiger partial charge in [-0.2, -0.15) is 0 Å². The summed E-state index contributed by atoms with van der Waals surface area (Å²) < 4.78 is 1.54. The maximum atomic E-state index is 12.8. The molecule has 0 bridgehead atoms. The first-order valence-electron chi connectivity index (χ1n) is 8.34. The summed E-state index contributed by atoms with van der Waals surface area (Å²) in [5.74, 6) is -0.0167. The average Bonchev–Trinajstić information content (AvgIpc) is 3.47. The van der Waals surface area contributed by atoms with Crippen molar-refractivity contribution >= 4 is 11.6 Å². The van der Waals surface area contributed by atoms with E-state index in [-0.39, 0.29) is 11.5 Å². The number of pyridine rings is 1. The molecule has 1 saturated carbocycles. The van der Waals surface area contributed by atoms with Crippen LogP contribution in [0.2, 0.25) is 0 Å². The van der Waals surface area contributed by atoms with Crippen molar-refractivity contribution in [3.05, 3.63) is 94.9 Å². The number of nitrogens with zero attached hydrogens (tertiary/aromatic N) is 1. The predicted octanol–water partition coefficient (Wildman–Crippen LogP) is 3.51. The van der Waals surface area contributed by atoms with E-state index in [4.69, 9.17) is 0 Å². The van der Waals surface area contributed by atoms with E-state index in [1.165, 1.54) is 10.6 Å². The van der Waals surface area contributed by atoms with E-state index in [1.54, 1.807) is 12.3 Å². The van der Waals surface area contributed by atoms with Gasteiger partial charge in [0.2, 0.25) is 5.91 Å². The number of amides is 1. The molecule has 1 aromatic heterocycles. The number of anilines is 1. The number of aromatic nitrogens is 1. The molecule has 1 N–H and O–H groups in total. The highest BCUT2D eigenvalue weighted by Gasteiger charge is 2.51. The number of nitrogens with one attached hydrogen (secondary N) is 1. The Labute approximate surface area is 145 Å². The van der Waals surface area contributed by atoms with Gasteiger partial charge in [0.15, 0.2) is 0 Å². The van der Waals surface area contributed by atoms with Gasteiger partial charge in [0.25, 0.3) is 5.56 Å². The van der Waals surface area contributed by atoms with Crippen molar-refractivity contribution in [1.82, 2.24) is 4.57 Å². The van der Waals surface area contributed by atoms with Gasteiger partial charge in [-0.1, -0.05) is 48.5 Å². The molecule has 0 unspecified atom stereocenters. The van der Waals surface area contributed by atoms with Gasteiger partial charge in [-0.3, -0.25) is 14.2 Å². The lowest BCUT2D eigenvalue weighted by Crippen LogP contribution is -2.28. The number of benzene rings is 2. The Balaban J connectivity index is 1.62. The Kier molecular flexibility index (Phi) is 3.73. The Hall–Kier alpha value is -3.14. The highest BCUT2D eigenvalue weighted by Crippen LogP contribution is 2.48. The van der Waals surface area contributed by atoms with Crippen LogP contribution in [0, 0.1) is 0 Å². The minimum absolute atomic E-state index is 0.0167. The summed E-state index contributed by atoms with van der Waals surface area (Å²) in [6, 6.07) is 22.4. The van der Waals surface area contributed by atoms with Crippen LogP contribution in [-0.2, 0) is 10.2 Å². The molecule has 2 aromatic carbocycles. The summed E-state index contributed by atoms with van der Waals surface area (Å²) in [6.45, 7) is 0. The summed E-state index contributed by atoms with van der Waals surface area (Å²) in [5.41, 5.74) is 1.87. The van der Waals surface area contributed by atoms with Crippen LogP contribution in [0.25, 0.3) is 5.69 Å². The van der Waals surface area contributed by atoms with Crippen molar-refractivity contribution in [2.75, 3.05) is 5.32 Å². The fourth-order valence-electron chi connectivity index (χ4n) is 3.13. The van der Waals surface area contributed by atoms with Gasteiger partial charge in [0, 0.05) is 18.0 Å². The summed E-state index contributed by atoms with van der Waals surface area (Å²) in [4.78, 5) is 25.0. The third-order valence-electron chi connectivity index (χ3n) is 4.71. The largest absolute Gasteiger partial charge is 0.324 e. The lowest BCUT2D eigenvalue weighted by atomic mass is 9.95. The van der Waals surface area contributed by atoms with Crippen molar-refractivity contribution in [1.29, 1.82) is 0 Å². The highest BCUT2D eigenvalue weighted by atomic mass is 16.2. The second kappa shape index (κ2) is 6.06. The molecule has 1 aliphatic carbocycles. The van der Waals surface area contributed by atoms with Gasteiger partial charge >= 0.3 is 0 Å². The van der Waals surface area contributed by atoms with Gasteiger partial charge in [-0.15, -0.1) is 0 Å². The van der Waals surface area contributed by atoms with Crippen LogP contribution in [0.1, 0.15) is 18.4 Å². The lowest BCUT2D eigenvalue weighted by Gasteiger charge is -2.16. The first-order chi connectivity index (χ1) is 12.2. The first kappa shape index (κ1) is 15.4. The monoisotopic (exact) mass is 330 g/mol. The quantitative estimate of drug-likeness (QED) is 0.796. The van der Waals surface area contributed by atoms with Crippen molar-refractivity contribution in [2.45, 2.75) is 18.3 Å². The minimum atomic E-state index is -0.436. The van der Waals surface area contributed by atoms with E-state index in [9.17, 15) is 9.59 Å². The molecule has 1 aliphatic rings. The second-order valence-corrected chi connectivity index (χ2v) is 6.36. The van der Waals surface area contributed by atoms with Crippen LogP contribution in [0.4, 0.5) is 5.69 Å². The predicted molar refractivity (Wildman–Crippen MR) is 98.0 cm³/mol. The van der Waals surface area contributed by atoms with Crippen LogP contribution in [-0.4, -0.2) is 10.5 Å². The van der Waals surface area contributed by atoms with Crippen molar-refractivity contribution in [2.24, 2.45) is 0 Å². The van der Waals surface area contributed by atoms with Gasteiger partial charge in [0.05, 0.1) is 11.1 Å². The molecule has 0 saturated heterocycles. The number of carbonyl (C=O) groups excluding carboxylic acids is 1. The molecule has 4 rings (SSSR count). The zero-order chi connectivity index (χ0) is 17.3. The van der Waals surface area contributed by atoms with Crippen LogP contribution in [0.5, 0.6) is 0 Å². The third kappa shape index (κ3) is 2.87. The molecule has 4 heteroatoms. The molecule has 0 radical (unpaired) electrons. The molecule has 0 atom stereocenters. The normalized spacial score (nSPS) is 14.7. The Morgan fingerprint density at radius 3 is 2.16 bits per heavy atom. The molecule has 25 heavy (non-hydrogen) atoms. The second-order valence-electron chi connectivity index (χ2n) is 6.36. The number of rotatable bonds is 4. The van der Waals surface area contributed by atoms with E-state index >= 15 is 0 Å². The molecule has 0 spiro atoms. The SMILES string of the molecule is O=C(Nc1ccc(=O)n(-c2ccccc2)c1)C1(c2ccccc2)CC1. The Morgan fingerprint density at radius 2 is 1.52 bits per heavy atom. The van der Waals surface area contributed by atoms with Crippen LogP contribution >= 0.6 is 0 Å². The van der Waals surface area contributed by atoms with Crippen LogP contribution < -0.4 is 10.9 Å². The highest BCUT2D eigenvalue weighted by molar-refractivity contribution is 6.01. The summed E-state index contributed by atoms with van der Waals surface area (Å²) >= 11 is 0. The zero-order valence-electron chi connectivity index (χ0n) is 13.7. The van der Waals surface area contributed by atoms with E-state index < -0.39 is 5.41 Å². The number of carbonyl (C=O) groups is 1. The Morgan fingerprint density at radius 1 is 0.880 bits per heavy atom. The molecule has 1 heterocycles. The van der Waals surface area contributed by atoms with Crippen molar-refractivity contribution in [3.8, 4) is 5.69 Å². The maximum absolute atomic E-state index is 12.8. The van der Waals surface area contributed by atoms with E-state index in [2.05, 4.69) is 5.32 Å². The third-order valence-corrected chi connectivity index (χ3v) is 4.71. The van der Waals surface area contributed by atoms with E-state index in [1.807, 2.05) is 60.7 Å². The van der Waals surface area contributed by atoms with Crippen molar-refractivity contribution < 1.29 is 4.79 Å². The zero-order valence-corrected chi connectivity index (χ0v) is 13.7. The fraction of sp³-hybridized carbons (Fsp3) is 0.143. The van der Waals surface area contributed by atoms with Gasteiger partial charge < -0.3 is 5.32 Å². The fourth-order valence-corrected chi connectivity index (χ4v) is 3.13. The summed E-state index contributed by atoms with van der Waals surface area (Å²) in [5, 5.41) is 2.98. The lowest BCUT2D eigenvalue weighted by molar-refractivity contribution is -0.118. The van der Waals surface area contributed by atoms with E-state index in [0.29, 0.717) is 5.69 Å². The molecule has 124 valence electrons. The van der Waals surface area contributed by atoms with Crippen molar-refractivity contribution in [3.63, 3.8) is 0 Å². The molecule has 4 nitrogen and oxygen atoms in total. The summed E-state index contributed by atoms with van der Waals surface area (Å²) in [7, 11) is 0. The molecular formula is C21H18N2O2. The molecule has 3 aromatic rings. The molecule has 1 fully saturated rings. The van der Waals surface area contributed by atoms with E-state index in [0.717, 1.165) is 24.1 Å². The van der Waals surface area contributed by atoms with Crippen LogP contribution in [0.15, 0.2) is 83.8 Å². The smallest absolute Gasteiger partial charge is 0.255 e. The molecule has 1 amide bonds. The maximum Gasteiger partial charge on any atom is 0.255 e. The Bertz CT molecular complexity index is 958. The molecule has 0 aliphatic heterocycles. The minimum Gasteiger partial charge on any atom is -0.324 e. The first-order valence-corrected chi connectivity index (χ1v) is 8.34.